The molecule has 140 valence electrons. The number of ether oxygens (including phenoxy) is 1. The highest BCUT2D eigenvalue weighted by Crippen LogP contribution is 2.31. The third-order valence-corrected chi connectivity index (χ3v) is 4.12. The number of aromatic hydroxyl groups is 1. The summed E-state index contributed by atoms with van der Waals surface area (Å²) >= 11 is 2.03. The van der Waals surface area contributed by atoms with Crippen LogP contribution in [0, 0.1) is 3.57 Å². The Balaban J connectivity index is 2.15. The molecule has 0 saturated heterocycles. The number of carbonyl (C=O) groups excluding carboxylic acids is 2. The Kier molecular flexibility index (Phi) is 7.35. The number of carbonyl (C=O) groups is 3. The molecule has 0 aromatic heterocycles. The van der Waals surface area contributed by atoms with Gasteiger partial charge in [-0.05, 0) is 52.9 Å². The molecular weight excluding hydrogens is 465 g/mol. The van der Waals surface area contributed by atoms with Gasteiger partial charge in [-0.2, -0.15) is 0 Å². The Labute approximate surface area is 168 Å². The van der Waals surface area contributed by atoms with E-state index in [0.717, 1.165) is 9.65 Å². The number of rotatable bonds is 6. The molecule has 0 heterocycles. The highest BCUT2D eigenvalue weighted by atomic mass is 127. The van der Waals surface area contributed by atoms with Gasteiger partial charge in [0.2, 0.25) is 0 Å². The Morgan fingerprint density at radius 3 is 2.52 bits per heavy atom. The minimum Gasteiger partial charge on any atom is -0.508 e. The molecule has 0 aliphatic carbocycles. The summed E-state index contributed by atoms with van der Waals surface area (Å²) in [5.74, 6) is -1.89. The summed E-state index contributed by atoms with van der Waals surface area (Å²) in [6.07, 6.45) is 0.245. The molecule has 0 radical (unpaired) electrons. The smallest absolute Gasteiger partial charge is 0.414 e. The highest BCUT2D eigenvalue weighted by molar-refractivity contribution is 14.1. The van der Waals surface area contributed by atoms with Crippen molar-refractivity contribution in [1.82, 2.24) is 5.32 Å². The van der Waals surface area contributed by atoms with E-state index in [9.17, 15) is 19.5 Å². The number of hydrogen-bond acceptors (Lipinski definition) is 5. The summed E-state index contributed by atoms with van der Waals surface area (Å²) < 4.78 is 6.06. The van der Waals surface area contributed by atoms with Gasteiger partial charge >= 0.3 is 12.1 Å². The lowest BCUT2D eigenvalue weighted by Gasteiger charge is -2.18. The molecule has 0 fully saturated rings. The largest absolute Gasteiger partial charge is 0.508 e. The van der Waals surface area contributed by atoms with Crippen LogP contribution in [-0.4, -0.2) is 28.2 Å². The molecule has 0 aliphatic rings. The van der Waals surface area contributed by atoms with Gasteiger partial charge in [-0.3, -0.25) is 10.1 Å². The van der Waals surface area contributed by atoms with Gasteiger partial charge in [0.05, 0.1) is 0 Å². The van der Waals surface area contributed by atoms with E-state index >= 15 is 0 Å². The molecule has 7 nitrogen and oxygen atoms in total. The first-order valence-corrected chi connectivity index (χ1v) is 8.89. The van der Waals surface area contributed by atoms with Crippen LogP contribution in [0.4, 0.5) is 4.79 Å². The lowest BCUT2D eigenvalue weighted by Crippen LogP contribution is -2.32. The maximum absolute atomic E-state index is 12.1. The highest BCUT2D eigenvalue weighted by Gasteiger charge is 2.21. The fraction of sp³-hybridized carbons (Fsp3) is 0.105. The summed E-state index contributed by atoms with van der Waals surface area (Å²) in [6, 6.07) is 12.9. The maximum atomic E-state index is 12.1. The van der Waals surface area contributed by atoms with E-state index in [1.807, 2.05) is 22.6 Å². The van der Waals surface area contributed by atoms with Crippen molar-refractivity contribution in [2.45, 2.75) is 12.5 Å². The van der Waals surface area contributed by atoms with Crippen LogP contribution in [0.25, 0.3) is 0 Å². The summed E-state index contributed by atoms with van der Waals surface area (Å²) in [6.45, 7) is 0. The van der Waals surface area contributed by atoms with Crippen LogP contribution in [0.3, 0.4) is 0 Å². The normalized spacial score (nSPS) is 11.7. The summed E-state index contributed by atoms with van der Waals surface area (Å²) in [7, 11) is 0. The first kappa shape index (κ1) is 20.4. The number of phenols is 1. The van der Waals surface area contributed by atoms with Crippen molar-refractivity contribution in [1.29, 1.82) is 0 Å². The molecule has 0 saturated carbocycles. The second-order valence-electron chi connectivity index (χ2n) is 5.39. The summed E-state index contributed by atoms with van der Waals surface area (Å²) in [5, 5.41) is 20.9. The second-order valence-corrected chi connectivity index (χ2v) is 6.64. The maximum Gasteiger partial charge on any atom is 0.414 e. The third-order valence-electron chi connectivity index (χ3n) is 3.45. The van der Waals surface area contributed by atoms with Crippen LogP contribution in [0.5, 0.6) is 5.75 Å². The zero-order valence-corrected chi connectivity index (χ0v) is 16.1. The number of carboxylic acids is 1. The van der Waals surface area contributed by atoms with Crippen LogP contribution >= 0.6 is 22.6 Å². The van der Waals surface area contributed by atoms with E-state index in [0.29, 0.717) is 5.56 Å². The average molecular weight is 481 g/mol. The molecule has 27 heavy (non-hydrogen) atoms. The average Bonchev–Trinajstić information content (AvgIpc) is 2.63. The number of phenolic OH excluding ortho intramolecular Hbond substituents is 1. The number of benzene rings is 2. The van der Waals surface area contributed by atoms with E-state index < -0.39 is 24.1 Å². The van der Waals surface area contributed by atoms with Crippen molar-refractivity contribution >= 4 is 40.6 Å². The van der Waals surface area contributed by atoms with Gasteiger partial charge in [0, 0.05) is 27.2 Å². The van der Waals surface area contributed by atoms with Crippen LogP contribution in [0.1, 0.15) is 28.4 Å². The molecule has 8 heteroatoms. The van der Waals surface area contributed by atoms with Gasteiger partial charge in [0.1, 0.15) is 11.9 Å². The van der Waals surface area contributed by atoms with Crippen molar-refractivity contribution in [3.63, 3.8) is 0 Å². The summed E-state index contributed by atoms with van der Waals surface area (Å²) in [5.41, 5.74) is 0.591. The Morgan fingerprint density at radius 1 is 1.15 bits per heavy atom. The Morgan fingerprint density at radius 2 is 1.85 bits per heavy atom. The lowest BCUT2D eigenvalue weighted by molar-refractivity contribution is -0.131. The number of hydrogen-bond donors (Lipinski definition) is 3. The van der Waals surface area contributed by atoms with Gasteiger partial charge in [-0.1, -0.05) is 24.3 Å². The van der Waals surface area contributed by atoms with Gasteiger partial charge < -0.3 is 14.9 Å². The molecule has 0 bridgehead atoms. The predicted octanol–water partition coefficient (Wildman–Crippen LogP) is 3.64. The molecule has 2 amide bonds. The molecule has 0 spiro atoms. The number of imide groups is 1. The lowest BCUT2D eigenvalue weighted by atomic mass is 10.1. The quantitative estimate of drug-likeness (QED) is 0.429. The molecule has 2 aromatic carbocycles. The molecule has 0 aliphatic heterocycles. The number of nitrogens with one attached hydrogen (secondary N) is 1. The van der Waals surface area contributed by atoms with Crippen molar-refractivity contribution in [3.05, 3.63) is 75.4 Å². The van der Waals surface area contributed by atoms with Crippen molar-refractivity contribution in [2.75, 3.05) is 0 Å². The monoisotopic (exact) mass is 481 g/mol. The fourth-order valence-corrected chi connectivity index (χ4v) is 2.74. The van der Waals surface area contributed by atoms with Gasteiger partial charge in [0.25, 0.3) is 5.91 Å². The van der Waals surface area contributed by atoms with E-state index in [2.05, 4.69) is 5.32 Å². The predicted molar refractivity (Wildman–Crippen MR) is 105 cm³/mol. The molecule has 2 rings (SSSR count). The van der Waals surface area contributed by atoms with Gasteiger partial charge in [-0.15, -0.1) is 0 Å². The fourth-order valence-electron chi connectivity index (χ4n) is 2.23. The van der Waals surface area contributed by atoms with Crippen molar-refractivity contribution in [3.8, 4) is 5.75 Å². The summed E-state index contributed by atoms with van der Waals surface area (Å²) in [4.78, 5) is 34.8. The molecule has 2 aromatic rings. The molecule has 1 atom stereocenters. The standard InChI is InChI=1S/C19H16INO6/c20-13-9-10-15(22)14(11-13)16(7-4-8-17(23)24)27-19(26)21-18(25)12-5-2-1-3-6-12/h1-6,8-11,16,22H,7H2,(H,23,24)(H,21,25,26)/b8-4+/t16-/m0/s1. The first-order valence-electron chi connectivity index (χ1n) is 7.81. The topological polar surface area (TPSA) is 113 Å². The van der Waals surface area contributed by atoms with Crippen LogP contribution in [0.2, 0.25) is 0 Å². The Hall–Kier alpha value is -2.88. The van der Waals surface area contributed by atoms with E-state index in [-0.39, 0.29) is 17.7 Å². The van der Waals surface area contributed by atoms with Crippen molar-refractivity contribution < 1.29 is 29.3 Å². The number of carboxylic acid groups (broad SMARTS) is 1. The number of amides is 2. The zero-order chi connectivity index (χ0) is 19.8. The van der Waals surface area contributed by atoms with Crippen LogP contribution in [-0.2, 0) is 9.53 Å². The SMILES string of the molecule is O=C(O)/C=C/C[C@H](OC(=O)NC(=O)c1ccccc1)c1cc(I)ccc1O. The third kappa shape index (κ3) is 6.41. The first-order chi connectivity index (χ1) is 12.9. The molecular formula is C19H16INO6. The minimum atomic E-state index is -1.15. The number of alkyl carbamates (subject to hydrolysis) is 1. The van der Waals surface area contributed by atoms with Gasteiger partial charge in [-0.25, -0.2) is 9.59 Å². The molecule has 3 N–H and O–H groups in total. The number of halogens is 1. The zero-order valence-electron chi connectivity index (χ0n) is 14.0. The van der Waals surface area contributed by atoms with Crippen LogP contribution in [0.15, 0.2) is 60.7 Å². The van der Waals surface area contributed by atoms with E-state index in [1.165, 1.54) is 12.1 Å². The van der Waals surface area contributed by atoms with E-state index in [1.54, 1.807) is 42.5 Å². The number of aliphatic carboxylic acids is 1. The molecule has 0 unspecified atom stereocenters. The second kappa shape index (κ2) is 9.72. The van der Waals surface area contributed by atoms with Crippen LogP contribution < -0.4 is 5.32 Å². The Bertz CT molecular complexity index is 866. The van der Waals surface area contributed by atoms with Gasteiger partial charge in [0.15, 0.2) is 0 Å². The van der Waals surface area contributed by atoms with E-state index in [4.69, 9.17) is 9.84 Å². The van der Waals surface area contributed by atoms with Crippen molar-refractivity contribution in [2.24, 2.45) is 0 Å². The minimum absolute atomic E-state index is 0.00685.